The first-order chi connectivity index (χ1) is 7.99. The highest BCUT2D eigenvalue weighted by Gasteiger charge is 2.40. The molecule has 17 heavy (non-hydrogen) atoms. The van der Waals surface area contributed by atoms with Gasteiger partial charge in [0, 0.05) is 0 Å². The molecule has 0 fully saturated rings. The standard InChI is InChI=1S/C12H25NO4/c1-2-3-4-5-6-7-8-12(17,11(13)16)10(15)9-14/h10,14-15,17H,2-9H2,1H3,(H2,13,16)/t10-,12-/m1/s1. The van der Waals surface area contributed by atoms with Gasteiger partial charge in [-0.3, -0.25) is 4.79 Å². The molecular formula is C12H25NO4. The molecule has 0 radical (unpaired) electrons. The van der Waals surface area contributed by atoms with E-state index < -0.39 is 24.2 Å². The van der Waals surface area contributed by atoms with Crippen LogP contribution in [-0.2, 0) is 4.79 Å². The lowest BCUT2D eigenvalue weighted by atomic mass is 9.89. The Labute approximate surface area is 103 Å². The van der Waals surface area contributed by atoms with Crippen LogP contribution in [0.15, 0.2) is 0 Å². The fourth-order valence-electron chi connectivity index (χ4n) is 1.78. The molecule has 0 saturated carbocycles. The number of rotatable bonds is 10. The van der Waals surface area contributed by atoms with Crippen molar-refractivity contribution in [3.8, 4) is 0 Å². The monoisotopic (exact) mass is 247 g/mol. The third-order valence-electron chi connectivity index (χ3n) is 3.06. The summed E-state index contributed by atoms with van der Waals surface area (Å²) in [4.78, 5) is 11.1. The summed E-state index contributed by atoms with van der Waals surface area (Å²) in [6.07, 6.45) is 4.60. The lowest BCUT2D eigenvalue weighted by Crippen LogP contribution is -2.54. The summed E-state index contributed by atoms with van der Waals surface area (Å²) in [6, 6.07) is 0. The highest BCUT2D eigenvalue weighted by molar-refractivity contribution is 5.83. The summed E-state index contributed by atoms with van der Waals surface area (Å²) in [7, 11) is 0. The van der Waals surface area contributed by atoms with Gasteiger partial charge in [0.25, 0.3) is 5.91 Å². The van der Waals surface area contributed by atoms with E-state index in [2.05, 4.69) is 6.92 Å². The fraction of sp³-hybridized carbons (Fsp3) is 0.917. The molecule has 0 bridgehead atoms. The largest absolute Gasteiger partial charge is 0.394 e. The number of hydrogen-bond donors (Lipinski definition) is 4. The minimum Gasteiger partial charge on any atom is -0.394 e. The van der Waals surface area contributed by atoms with Crippen LogP contribution in [0, 0.1) is 0 Å². The van der Waals surface area contributed by atoms with Crippen molar-refractivity contribution < 1.29 is 20.1 Å². The average molecular weight is 247 g/mol. The summed E-state index contributed by atoms with van der Waals surface area (Å²) < 4.78 is 0. The lowest BCUT2D eigenvalue weighted by Gasteiger charge is -2.28. The molecule has 0 heterocycles. The Hall–Kier alpha value is -0.650. The molecule has 5 heteroatoms. The van der Waals surface area contributed by atoms with Crippen LogP contribution in [0.5, 0.6) is 0 Å². The van der Waals surface area contributed by atoms with E-state index in [1.165, 1.54) is 6.42 Å². The van der Waals surface area contributed by atoms with Gasteiger partial charge in [0.15, 0.2) is 5.60 Å². The van der Waals surface area contributed by atoms with Crippen LogP contribution in [-0.4, -0.2) is 39.5 Å². The van der Waals surface area contributed by atoms with Crippen molar-refractivity contribution in [1.82, 2.24) is 0 Å². The van der Waals surface area contributed by atoms with Gasteiger partial charge in [0.2, 0.25) is 0 Å². The van der Waals surface area contributed by atoms with Gasteiger partial charge in [-0.2, -0.15) is 0 Å². The van der Waals surface area contributed by atoms with Crippen molar-refractivity contribution in [2.75, 3.05) is 6.61 Å². The Morgan fingerprint density at radius 3 is 2.24 bits per heavy atom. The molecule has 0 saturated heterocycles. The first-order valence-corrected chi connectivity index (χ1v) is 6.30. The molecule has 0 aliphatic carbocycles. The number of hydrogen-bond acceptors (Lipinski definition) is 4. The molecule has 5 nitrogen and oxygen atoms in total. The molecule has 0 rings (SSSR count). The summed E-state index contributed by atoms with van der Waals surface area (Å²) in [5.74, 6) is -0.979. The molecule has 0 aromatic heterocycles. The van der Waals surface area contributed by atoms with E-state index >= 15 is 0 Å². The van der Waals surface area contributed by atoms with Crippen LogP contribution >= 0.6 is 0 Å². The first-order valence-electron chi connectivity index (χ1n) is 6.30. The minimum absolute atomic E-state index is 0.0934. The van der Waals surface area contributed by atoms with E-state index in [1.54, 1.807) is 0 Å². The second-order valence-electron chi connectivity index (χ2n) is 4.50. The van der Waals surface area contributed by atoms with Gasteiger partial charge >= 0.3 is 0 Å². The normalized spacial score (nSPS) is 16.5. The quantitative estimate of drug-likeness (QED) is 0.417. The Bertz CT molecular complexity index is 223. The average Bonchev–Trinajstić information content (AvgIpc) is 2.31. The van der Waals surface area contributed by atoms with Gasteiger partial charge in [-0.25, -0.2) is 0 Å². The highest BCUT2D eigenvalue weighted by atomic mass is 16.4. The molecule has 2 atom stereocenters. The van der Waals surface area contributed by atoms with E-state index in [9.17, 15) is 15.0 Å². The Balaban J connectivity index is 3.98. The maximum Gasteiger partial charge on any atom is 0.252 e. The number of unbranched alkanes of at least 4 members (excludes halogenated alkanes) is 5. The molecule has 0 aromatic rings. The van der Waals surface area contributed by atoms with Crippen LogP contribution in [0.2, 0.25) is 0 Å². The molecule has 102 valence electrons. The number of carbonyl (C=O) groups is 1. The van der Waals surface area contributed by atoms with Crippen molar-refractivity contribution in [3.05, 3.63) is 0 Å². The topological polar surface area (TPSA) is 104 Å². The second-order valence-corrected chi connectivity index (χ2v) is 4.50. The van der Waals surface area contributed by atoms with Crippen molar-refractivity contribution >= 4 is 5.91 Å². The minimum atomic E-state index is -2.00. The van der Waals surface area contributed by atoms with Crippen molar-refractivity contribution in [3.63, 3.8) is 0 Å². The van der Waals surface area contributed by atoms with Crippen molar-refractivity contribution in [1.29, 1.82) is 0 Å². The van der Waals surface area contributed by atoms with Crippen molar-refractivity contribution in [2.24, 2.45) is 5.73 Å². The predicted octanol–water partition coefficient (Wildman–Crippen LogP) is 0.307. The third-order valence-corrected chi connectivity index (χ3v) is 3.06. The number of amides is 1. The molecule has 1 amide bonds. The Kier molecular flexibility index (Phi) is 8.12. The SMILES string of the molecule is CCCCCCCC[C@](O)(C(N)=O)[C@H](O)CO. The zero-order valence-electron chi connectivity index (χ0n) is 10.6. The van der Waals surface area contributed by atoms with Gasteiger partial charge in [-0.05, 0) is 12.8 Å². The maximum atomic E-state index is 11.1. The van der Waals surface area contributed by atoms with Crippen molar-refractivity contribution in [2.45, 2.75) is 63.6 Å². The predicted molar refractivity (Wildman–Crippen MR) is 65.2 cm³/mol. The fourth-order valence-corrected chi connectivity index (χ4v) is 1.78. The number of primary amides is 1. The maximum absolute atomic E-state index is 11.1. The van der Waals surface area contributed by atoms with E-state index in [-0.39, 0.29) is 6.42 Å². The Morgan fingerprint density at radius 1 is 1.24 bits per heavy atom. The van der Waals surface area contributed by atoms with E-state index in [1.807, 2.05) is 0 Å². The zero-order valence-corrected chi connectivity index (χ0v) is 10.6. The molecule has 0 aromatic carbocycles. The smallest absolute Gasteiger partial charge is 0.252 e. The lowest BCUT2D eigenvalue weighted by molar-refractivity contribution is -0.154. The van der Waals surface area contributed by atoms with Gasteiger partial charge in [-0.15, -0.1) is 0 Å². The van der Waals surface area contributed by atoms with E-state index in [0.717, 1.165) is 25.7 Å². The molecule has 0 aliphatic rings. The second kappa shape index (κ2) is 8.44. The number of nitrogens with two attached hydrogens (primary N) is 1. The van der Waals surface area contributed by atoms with Crippen LogP contribution < -0.4 is 5.73 Å². The summed E-state index contributed by atoms with van der Waals surface area (Å²) >= 11 is 0. The number of aliphatic hydroxyl groups is 3. The van der Waals surface area contributed by atoms with E-state index in [4.69, 9.17) is 10.8 Å². The molecular weight excluding hydrogens is 222 g/mol. The molecule has 0 aliphatic heterocycles. The van der Waals surface area contributed by atoms with E-state index in [0.29, 0.717) is 6.42 Å². The zero-order chi connectivity index (χ0) is 13.3. The van der Waals surface area contributed by atoms with Crippen LogP contribution in [0.4, 0.5) is 0 Å². The van der Waals surface area contributed by atoms with Crippen LogP contribution in [0.25, 0.3) is 0 Å². The van der Waals surface area contributed by atoms with Crippen LogP contribution in [0.3, 0.4) is 0 Å². The number of aliphatic hydroxyl groups excluding tert-OH is 2. The molecule has 0 unspecified atom stereocenters. The van der Waals surface area contributed by atoms with Gasteiger partial charge in [0.1, 0.15) is 6.10 Å². The highest BCUT2D eigenvalue weighted by Crippen LogP contribution is 2.20. The number of carbonyl (C=O) groups excluding carboxylic acids is 1. The molecule has 5 N–H and O–H groups in total. The van der Waals surface area contributed by atoms with Crippen LogP contribution in [0.1, 0.15) is 51.9 Å². The summed E-state index contributed by atoms with van der Waals surface area (Å²) in [5.41, 5.74) is 3.05. The van der Waals surface area contributed by atoms with Gasteiger partial charge < -0.3 is 21.1 Å². The third kappa shape index (κ3) is 5.48. The van der Waals surface area contributed by atoms with Gasteiger partial charge in [-0.1, -0.05) is 39.0 Å². The summed E-state index contributed by atoms with van der Waals surface area (Å²) in [6.45, 7) is 1.46. The first kappa shape index (κ1) is 16.4. The molecule has 0 spiro atoms. The summed E-state index contributed by atoms with van der Waals surface area (Å²) in [5, 5.41) is 28.0. The van der Waals surface area contributed by atoms with Gasteiger partial charge in [0.05, 0.1) is 6.61 Å². The Morgan fingerprint density at radius 2 is 1.76 bits per heavy atom.